The molecule has 0 bridgehead atoms. The highest BCUT2D eigenvalue weighted by Crippen LogP contribution is 2.29. The highest BCUT2D eigenvalue weighted by Gasteiger charge is 2.22. The second-order valence-electron chi connectivity index (χ2n) is 4.77. The number of hydrogen-bond acceptors (Lipinski definition) is 4. The smallest absolute Gasteiger partial charge is 0.157 e. The van der Waals surface area contributed by atoms with Crippen LogP contribution in [0.4, 0.5) is 0 Å². The zero-order valence-electron chi connectivity index (χ0n) is 11.6. The Morgan fingerprint density at radius 1 is 1.50 bits per heavy atom. The summed E-state index contributed by atoms with van der Waals surface area (Å²) >= 11 is 0. The minimum atomic E-state index is 0.0230. The third-order valence-electron chi connectivity index (χ3n) is 3.59. The third-order valence-corrected chi connectivity index (χ3v) is 3.59. The van der Waals surface area contributed by atoms with Crippen LogP contribution >= 0.6 is 0 Å². The molecule has 0 amide bonds. The highest BCUT2D eigenvalue weighted by atomic mass is 16.5. The molecule has 1 heterocycles. The summed E-state index contributed by atoms with van der Waals surface area (Å²) in [6.45, 7) is 5.22. The zero-order valence-corrected chi connectivity index (χ0v) is 11.6. The lowest BCUT2D eigenvalue weighted by molar-refractivity contribution is 0.0922. The van der Waals surface area contributed by atoms with E-state index in [1.54, 1.807) is 7.11 Å². The van der Waals surface area contributed by atoms with Crippen molar-refractivity contribution in [2.24, 2.45) is 0 Å². The monoisotopic (exact) mass is 249 g/mol. The first kappa shape index (κ1) is 13.4. The lowest BCUT2D eigenvalue weighted by Gasteiger charge is -2.25. The molecule has 18 heavy (non-hydrogen) atoms. The van der Waals surface area contributed by atoms with Crippen LogP contribution in [0.3, 0.4) is 0 Å². The topological polar surface area (TPSA) is 47.0 Å². The van der Waals surface area contributed by atoms with E-state index in [9.17, 15) is 0 Å². The molecular formula is C14H23N3O. The summed E-state index contributed by atoms with van der Waals surface area (Å²) in [5.74, 6) is 0.830. The molecule has 0 fully saturated rings. The Morgan fingerprint density at radius 2 is 2.33 bits per heavy atom. The summed E-state index contributed by atoms with van der Waals surface area (Å²) in [5.41, 5.74) is 2.48. The molecule has 0 aliphatic heterocycles. The summed E-state index contributed by atoms with van der Waals surface area (Å²) in [7, 11) is 1.72. The van der Waals surface area contributed by atoms with E-state index in [-0.39, 0.29) is 6.10 Å². The minimum Gasteiger partial charge on any atom is -0.373 e. The van der Waals surface area contributed by atoms with Gasteiger partial charge in [0.25, 0.3) is 0 Å². The molecule has 100 valence electrons. The molecule has 2 atom stereocenters. The van der Waals surface area contributed by atoms with E-state index < -0.39 is 0 Å². The zero-order chi connectivity index (χ0) is 13.0. The van der Waals surface area contributed by atoms with E-state index in [1.165, 1.54) is 24.1 Å². The Balaban J connectivity index is 2.26. The van der Waals surface area contributed by atoms with Crippen molar-refractivity contribution in [3.8, 4) is 0 Å². The predicted molar refractivity (Wildman–Crippen MR) is 71.4 cm³/mol. The van der Waals surface area contributed by atoms with Crippen molar-refractivity contribution in [3.05, 3.63) is 23.3 Å². The van der Waals surface area contributed by atoms with Crippen LogP contribution in [-0.2, 0) is 11.2 Å². The molecule has 4 nitrogen and oxygen atoms in total. The number of aryl methyl sites for hydroxylation is 1. The van der Waals surface area contributed by atoms with Crippen LogP contribution < -0.4 is 5.32 Å². The first-order valence-corrected chi connectivity index (χ1v) is 6.92. The fourth-order valence-corrected chi connectivity index (χ4v) is 2.63. The van der Waals surface area contributed by atoms with Gasteiger partial charge in [0.15, 0.2) is 5.82 Å². The van der Waals surface area contributed by atoms with Gasteiger partial charge in [0.2, 0.25) is 0 Å². The van der Waals surface area contributed by atoms with Crippen LogP contribution in [0.15, 0.2) is 6.20 Å². The van der Waals surface area contributed by atoms with E-state index >= 15 is 0 Å². The molecule has 0 saturated carbocycles. The van der Waals surface area contributed by atoms with Crippen molar-refractivity contribution in [1.29, 1.82) is 0 Å². The number of methoxy groups -OCH3 is 1. The normalized spacial score (nSPS) is 20.5. The van der Waals surface area contributed by atoms with Crippen molar-refractivity contribution >= 4 is 0 Å². The Labute approximate surface area is 109 Å². The van der Waals surface area contributed by atoms with Gasteiger partial charge in [0.1, 0.15) is 6.10 Å². The second kappa shape index (κ2) is 6.25. The summed E-state index contributed by atoms with van der Waals surface area (Å²) < 4.78 is 5.41. The molecule has 0 aromatic carbocycles. The van der Waals surface area contributed by atoms with E-state index in [2.05, 4.69) is 24.1 Å². The molecule has 1 N–H and O–H groups in total. The number of fused-ring (bicyclic) bond motifs is 1. The maximum Gasteiger partial charge on any atom is 0.157 e. The van der Waals surface area contributed by atoms with Gasteiger partial charge in [-0.05, 0) is 32.2 Å². The van der Waals surface area contributed by atoms with Crippen LogP contribution in [0, 0.1) is 0 Å². The quantitative estimate of drug-likeness (QED) is 0.871. The van der Waals surface area contributed by atoms with Crippen molar-refractivity contribution in [3.63, 3.8) is 0 Å². The first-order valence-electron chi connectivity index (χ1n) is 6.92. The fourth-order valence-electron chi connectivity index (χ4n) is 2.63. The van der Waals surface area contributed by atoms with Gasteiger partial charge in [-0.25, -0.2) is 9.97 Å². The molecule has 0 spiro atoms. The molecule has 1 aromatic rings. The number of nitrogens with zero attached hydrogens (tertiary/aromatic N) is 2. The standard InChI is InChI=1S/C14H23N3O/c1-4-13(18-3)14-16-9-10-11(15-5-2)7-6-8-12(10)17-14/h9,11,13,15H,4-8H2,1-3H3. The first-order chi connectivity index (χ1) is 8.80. The lowest BCUT2D eigenvalue weighted by atomic mass is 9.92. The maximum absolute atomic E-state index is 5.41. The van der Waals surface area contributed by atoms with Gasteiger partial charge in [-0.15, -0.1) is 0 Å². The van der Waals surface area contributed by atoms with E-state index in [4.69, 9.17) is 9.72 Å². The van der Waals surface area contributed by atoms with E-state index in [1.807, 2.05) is 6.20 Å². The van der Waals surface area contributed by atoms with Crippen molar-refractivity contribution in [2.45, 2.75) is 51.7 Å². The molecule has 1 aromatic heterocycles. The van der Waals surface area contributed by atoms with Gasteiger partial charge >= 0.3 is 0 Å². The summed E-state index contributed by atoms with van der Waals surface area (Å²) in [6, 6.07) is 0.426. The Bertz CT molecular complexity index is 391. The third kappa shape index (κ3) is 2.70. The number of ether oxygens (including phenoxy) is 1. The molecule has 0 radical (unpaired) electrons. The fraction of sp³-hybridized carbons (Fsp3) is 0.714. The second-order valence-corrected chi connectivity index (χ2v) is 4.77. The van der Waals surface area contributed by atoms with Gasteiger partial charge in [0.05, 0.1) is 0 Å². The van der Waals surface area contributed by atoms with Gasteiger partial charge in [-0.3, -0.25) is 0 Å². The van der Waals surface area contributed by atoms with Gasteiger partial charge < -0.3 is 10.1 Å². The largest absolute Gasteiger partial charge is 0.373 e. The van der Waals surface area contributed by atoms with E-state index in [0.29, 0.717) is 6.04 Å². The molecule has 2 unspecified atom stereocenters. The summed E-state index contributed by atoms with van der Waals surface area (Å²) in [6.07, 6.45) is 6.37. The summed E-state index contributed by atoms with van der Waals surface area (Å²) in [4.78, 5) is 9.20. The van der Waals surface area contributed by atoms with Crippen molar-refractivity contribution < 1.29 is 4.74 Å². The van der Waals surface area contributed by atoms with Crippen molar-refractivity contribution in [1.82, 2.24) is 15.3 Å². The summed E-state index contributed by atoms with van der Waals surface area (Å²) in [5, 5.41) is 3.51. The SMILES string of the molecule is CCNC1CCCc2nc(C(CC)OC)ncc21. The molecule has 1 aliphatic carbocycles. The van der Waals surface area contributed by atoms with Crippen LogP contribution in [-0.4, -0.2) is 23.6 Å². The molecule has 4 heteroatoms. The maximum atomic E-state index is 5.41. The van der Waals surface area contributed by atoms with Gasteiger partial charge in [-0.2, -0.15) is 0 Å². The minimum absolute atomic E-state index is 0.0230. The number of nitrogens with one attached hydrogen (secondary N) is 1. The lowest BCUT2D eigenvalue weighted by Crippen LogP contribution is -2.26. The number of aromatic nitrogens is 2. The average Bonchev–Trinajstić information content (AvgIpc) is 2.40. The highest BCUT2D eigenvalue weighted by molar-refractivity contribution is 5.25. The molecule has 1 aliphatic rings. The predicted octanol–water partition coefficient (Wildman–Crippen LogP) is 2.56. The molecule has 2 rings (SSSR count). The Hall–Kier alpha value is -1.00. The number of rotatable bonds is 5. The average molecular weight is 249 g/mol. The number of hydrogen-bond donors (Lipinski definition) is 1. The molecule has 0 saturated heterocycles. The van der Waals surface area contributed by atoms with Gasteiger partial charge in [-0.1, -0.05) is 13.8 Å². The van der Waals surface area contributed by atoms with Crippen LogP contribution in [0.2, 0.25) is 0 Å². The van der Waals surface area contributed by atoms with Crippen molar-refractivity contribution in [2.75, 3.05) is 13.7 Å². The van der Waals surface area contributed by atoms with Crippen LogP contribution in [0.1, 0.15) is 62.3 Å². The van der Waals surface area contributed by atoms with Crippen LogP contribution in [0.5, 0.6) is 0 Å². The van der Waals surface area contributed by atoms with Gasteiger partial charge in [0, 0.05) is 30.6 Å². The Morgan fingerprint density at radius 3 is 3.00 bits per heavy atom. The molecular weight excluding hydrogens is 226 g/mol. The Kier molecular flexibility index (Phi) is 4.66. The van der Waals surface area contributed by atoms with Crippen LogP contribution in [0.25, 0.3) is 0 Å². The van der Waals surface area contributed by atoms with E-state index in [0.717, 1.165) is 25.2 Å².